The van der Waals surface area contributed by atoms with E-state index in [2.05, 4.69) is 253 Å². The maximum Gasteiger partial charge on any atom is 0.0580 e. The number of aliphatic imine (C=N–C) groups is 2. The van der Waals surface area contributed by atoms with E-state index in [-0.39, 0.29) is 0 Å². The summed E-state index contributed by atoms with van der Waals surface area (Å²) in [4.78, 5) is 30.5. The van der Waals surface area contributed by atoms with Crippen molar-refractivity contribution in [1.29, 1.82) is 0 Å². The van der Waals surface area contributed by atoms with Crippen molar-refractivity contribution in [1.82, 2.24) is 105 Å². The fourth-order valence-electron chi connectivity index (χ4n) is 22.1. The Bertz CT molecular complexity index is 4210. The molecule has 10 N–H and O–H groups in total. The van der Waals surface area contributed by atoms with Gasteiger partial charge in [0.25, 0.3) is 0 Å². The highest BCUT2D eigenvalue weighted by Gasteiger charge is 2.34. The zero-order valence-corrected chi connectivity index (χ0v) is 89.8. The van der Waals surface area contributed by atoms with Crippen molar-refractivity contribution >= 4 is 11.4 Å². The van der Waals surface area contributed by atoms with Gasteiger partial charge < -0.3 is 55.6 Å². The molecule has 0 aromatic carbocycles. The SMILES string of the molecule is CCCCN(C)Cc1cn[nH]c1C1CCCCC1.CCCCN(C)Cc1cn[nH]c1C1CCN(C)CC1.CCCN(C)Cc1cn[nH]c1C1CCC(C)(C)CC1.CCCN(C)Cc1cn[nH]c1C1CCC(C)CC1.CCCN(C)Cc1cn[nH]c1C1CCCC1.CCCN(C)Cc1cn[nH]c1C1CCCCC1.CN(CCN)CC1=CCN=C1C1CC1.CN(CCN)CC1=CCN=C1C1CCC1. The van der Waals surface area contributed by atoms with E-state index < -0.39 is 0 Å². The first-order valence-electron chi connectivity index (χ1n) is 55.1. The van der Waals surface area contributed by atoms with Crippen molar-refractivity contribution in [3.8, 4) is 0 Å². The van der Waals surface area contributed by atoms with Crippen LogP contribution >= 0.6 is 0 Å². The number of nitrogens with two attached hydrogens (primary N) is 2. The van der Waals surface area contributed by atoms with Crippen LogP contribution in [0.5, 0.6) is 0 Å². The van der Waals surface area contributed by atoms with Crippen LogP contribution in [0.25, 0.3) is 0 Å². The molecule has 3 aliphatic heterocycles. The smallest absolute Gasteiger partial charge is 0.0580 e. The van der Waals surface area contributed by atoms with Crippen LogP contribution in [-0.2, 0) is 39.3 Å². The lowest BCUT2D eigenvalue weighted by Gasteiger charge is -2.34. The number of aromatic nitrogens is 12. The molecule has 6 aromatic heterocycles. The molecule has 0 bridgehead atoms. The Labute approximate surface area is 827 Å². The van der Waals surface area contributed by atoms with Crippen LogP contribution in [-0.4, -0.2) is 285 Å². The molecule has 0 unspecified atom stereocenters. The Morgan fingerprint density at radius 2 is 0.566 bits per heavy atom. The molecule has 0 amide bonds. The number of hydrogen-bond acceptors (Lipinski definition) is 19. The average molecular weight is 1880 g/mol. The molecule has 0 atom stereocenters. The first kappa shape index (κ1) is 113. The summed E-state index contributed by atoms with van der Waals surface area (Å²) < 4.78 is 0. The molecule has 7 aliphatic carbocycles. The van der Waals surface area contributed by atoms with Crippen molar-refractivity contribution in [2.45, 2.75) is 375 Å². The van der Waals surface area contributed by atoms with Crippen LogP contribution < -0.4 is 11.5 Å². The molecule has 768 valence electrons. The molecule has 10 aliphatic rings. The number of likely N-dealkylation sites (N-methyl/N-ethyl adjacent to an activating group) is 2. The van der Waals surface area contributed by atoms with Gasteiger partial charge in [-0.25, -0.2) is 0 Å². The maximum atomic E-state index is 5.54. The maximum absolute atomic E-state index is 5.54. The van der Waals surface area contributed by atoms with Gasteiger partial charge in [0, 0.05) is 205 Å². The molecule has 6 aromatic rings. The summed E-state index contributed by atoms with van der Waals surface area (Å²) in [7, 11) is 19.7. The quantitative estimate of drug-likeness (QED) is 0.0177. The first-order chi connectivity index (χ1) is 66.0. The van der Waals surface area contributed by atoms with E-state index >= 15 is 0 Å². The Morgan fingerprint density at radius 1 is 0.309 bits per heavy atom. The van der Waals surface area contributed by atoms with Crippen molar-refractivity contribution in [2.75, 3.05) is 168 Å². The van der Waals surface area contributed by atoms with Crippen LogP contribution in [0.2, 0.25) is 0 Å². The Hall–Kier alpha value is -6.36. The third-order valence-corrected chi connectivity index (χ3v) is 30.7. The van der Waals surface area contributed by atoms with Crippen molar-refractivity contribution in [2.24, 2.45) is 44.6 Å². The summed E-state index contributed by atoms with van der Waals surface area (Å²) in [6.07, 6.45) is 65.7. The second kappa shape index (κ2) is 62.8. The summed E-state index contributed by atoms with van der Waals surface area (Å²) in [6.45, 7) is 43.4. The van der Waals surface area contributed by atoms with E-state index in [1.807, 2.05) is 37.2 Å². The second-order valence-corrected chi connectivity index (χ2v) is 44.0. The number of nitrogens with zero attached hydrogens (tertiary/aromatic N) is 17. The molecule has 16 rings (SSSR count). The monoisotopic (exact) mass is 1880 g/mol. The van der Waals surface area contributed by atoms with E-state index in [0.29, 0.717) is 23.2 Å². The van der Waals surface area contributed by atoms with Gasteiger partial charge in [0.1, 0.15) is 0 Å². The fraction of sp³-hybridized carbons (Fsp3) is 0.784. The fourth-order valence-corrected chi connectivity index (χ4v) is 22.1. The molecule has 0 radical (unpaired) electrons. The summed E-state index contributed by atoms with van der Waals surface area (Å²) in [6, 6.07) is 0. The zero-order chi connectivity index (χ0) is 97.4. The molecule has 136 heavy (non-hydrogen) atoms. The highest BCUT2D eigenvalue weighted by molar-refractivity contribution is 6.05. The van der Waals surface area contributed by atoms with Gasteiger partial charge in [-0.15, -0.1) is 0 Å². The molecule has 1 saturated heterocycles. The molecule has 0 spiro atoms. The Kier molecular flexibility index (Phi) is 52.3. The number of rotatable bonds is 42. The molecule has 8 fully saturated rings. The van der Waals surface area contributed by atoms with Crippen LogP contribution in [0, 0.1) is 23.2 Å². The van der Waals surface area contributed by atoms with Crippen LogP contribution in [0.1, 0.15) is 403 Å². The van der Waals surface area contributed by atoms with Crippen LogP contribution in [0.15, 0.2) is 70.5 Å². The number of hydrogen-bond donors (Lipinski definition) is 8. The van der Waals surface area contributed by atoms with E-state index in [0.717, 1.165) is 153 Å². The van der Waals surface area contributed by atoms with Crippen LogP contribution in [0.4, 0.5) is 0 Å². The molecular formula is C111H199N25. The van der Waals surface area contributed by atoms with E-state index in [4.69, 9.17) is 11.5 Å². The third-order valence-electron chi connectivity index (χ3n) is 30.7. The minimum atomic E-state index is 0.537. The van der Waals surface area contributed by atoms with Gasteiger partial charge in [-0.3, -0.25) is 40.6 Å². The lowest BCUT2D eigenvalue weighted by molar-refractivity contribution is 0.221. The van der Waals surface area contributed by atoms with Gasteiger partial charge in [0.15, 0.2) is 0 Å². The predicted octanol–water partition coefficient (Wildman–Crippen LogP) is 21.6. The van der Waals surface area contributed by atoms with Crippen molar-refractivity contribution in [3.05, 3.63) is 128 Å². The van der Waals surface area contributed by atoms with Crippen LogP contribution in [0.3, 0.4) is 0 Å². The number of nitrogens with one attached hydrogen (secondary N) is 6. The summed E-state index contributed by atoms with van der Waals surface area (Å²) >= 11 is 0. The summed E-state index contributed by atoms with van der Waals surface area (Å²) in [5.74, 6) is 6.76. The van der Waals surface area contributed by atoms with Gasteiger partial charge in [0.2, 0.25) is 0 Å². The van der Waals surface area contributed by atoms with Crippen molar-refractivity contribution < 1.29 is 0 Å². The molecular weight excluding hydrogens is 1680 g/mol. The Morgan fingerprint density at radius 3 is 0.846 bits per heavy atom. The number of H-pyrrole nitrogens is 6. The van der Waals surface area contributed by atoms with E-state index in [1.54, 1.807) is 0 Å². The third kappa shape index (κ3) is 39.5. The zero-order valence-electron chi connectivity index (χ0n) is 89.8. The summed E-state index contributed by atoms with van der Waals surface area (Å²) in [5.41, 5.74) is 34.1. The van der Waals surface area contributed by atoms with Gasteiger partial charge in [-0.05, 0) is 292 Å². The molecule has 7 saturated carbocycles. The predicted molar refractivity (Wildman–Crippen MR) is 572 cm³/mol. The topological polar surface area (TPSA) is 278 Å². The number of piperidine rings is 1. The normalized spacial score (nSPS) is 19.8. The molecule has 25 nitrogen and oxygen atoms in total. The molecule has 25 heteroatoms. The number of likely N-dealkylation sites (tertiary alicyclic amines) is 1. The summed E-state index contributed by atoms with van der Waals surface area (Å²) in [5, 5.41) is 45.1. The van der Waals surface area contributed by atoms with Gasteiger partial charge in [0.05, 0.1) is 50.3 Å². The average Bonchev–Trinajstić information content (AvgIpc) is 1.66. The van der Waals surface area contributed by atoms with E-state index in [1.165, 1.54) is 354 Å². The van der Waals surface area contributed by atoms with Crippen molar-refractivity contribution in [3.63, 3.8) is 0 Å². The lowest BCUT2D eigenvalue weighted by Crippen LogP contribution is -2.31. The first-order valence-corrected chi connectivity index (χ1v) is 55.1. The highest BCUT2D eigenvalue weighted by Crippen LogP contribution is 2.44. The minimum absolute atomic E-state index is 0.537. The standard InChI is InChI=1S/C16H29N3.C15H28N4.2C15H27N3.C14H25N3.C13H23N3.C12H21N3.C11H19N3/c1-5-10-19(4)12-14-11-17-18-15(14)13-6-8-16(2,3)9-7-13;1-4-5-8-19(3)12-14-11-16-17-15(14)13-6-9-18(2)10-7-13;1-4-9-18(3)11-14-10-16-17-15(14)13-7-5-12(2)6-8-13;1-3-4-10-18(2)12-14-11-16-17-15(14)13-8-6-5-7-9-13;1-3-9-17(2)11-13-10-15-16-14(13)12-7-5-4-6-8-12;1-3-8-16(2)10-12-9-14-15-13(12)11-6-4-5-7-11;1-15(8-6-13)9-11-5-7-14-12(11)10-3-2-4-10;1-14(7-5-12)8-10-4-6-13-11(10)9-2-3-9/h11,13H,5-10,12H2,1-4H3,(H,17,18);11,13H,4-10,12H2,1-3H3,(H,16,17);10,12-13H,4-9,11H2,1-3H3,(H,16,17);11,13H,3-10,12H2,1-2H3,(H,16,17);10,12H,3-9,11H2,1-2H3,(H,15,16);9,11H,3-8,10H2,1-2H3,(H,14,15);5,10H,2-4,6-9,13H2,1H3;4,9H,2-3,5-8,12H2,1H3. The highest BCUT2D eigenvalue weighted by atomic mass is 15.2. The van der Waals surface area contributed by atoms with E-state index in [9.17, 15) is 0 Å². The Balaban J connectivity index is 0.000000175. The van der Waals surface area contributed by atoms with Gasteiger partial charge in [-0.2, -0.15) is 30.6 Å². The van der Waals surface area contributed by atoms with Gasteiger partial charge in [-0.1, -0.05) is 158 Å². The number of unbranched alkanes of at least 4 members (excludes halogenated alkanes) is 2. The molecule has 9 heterocycles. The number of aromatic amines is 6. The minimum Gasteiger partial charge on any atom is -0.329 e. The largest absolute Gasteiger partial charge is 0.329 e. The lowest BCUT2D eigenvalue weighted by atomic mass is 9.72. The van der Waals surface area contributed by atoms with Gasteiger partial charge >= 0.3 is 0 Å². The second-order valence-electron chi connectivity index (χ2n) is 44.0.